The number of H-pyrrole nitrogens is 1. The van der Waals surface area contributed by atoms with Gasteiger partial charge >= 0.3 is 0 Å². The fourth-order valence-electron chi connectivity index (χ4n) is 2.42. The summed E-state index contributed by atoms with van der Waals surface area (Å²) in [5, 5.41) is 10.2. The van der Waals surface area contributed by atoms with Crippen LogP contribution in [0.3, 0.4) is 0 Å². The molecule has 0 amide bonds. The van der Waals surface area contributed by atoms with Crippen molar-refractivity contribution in [1.29, 1.82) is 0 Å². The number of rotatable bonds is 14. The Balaban J connectivity index is 0.000000867. The number of aliphatic carboxylic acids is 1. The van der Waals surface area contributed by atoms with E-state index in [4.69, 9.17) is 0 Å². The van der Waals surface area contributed by atoms with Gasteiger partial charge in [-0.25, -0.2) is 4.98 Å². The number of carbonyl (C=O) groups excluding carboxylic acids is 1. The number of allylic oxidation sites excluding steroid dienone is 4. The molecule has 1 aromatic heterocycles. The van der Waals surface area contributed by atoms with E-state index < -0.39 is 5.97 Å². The van der Waals surface area contributed by atoms with E-state index in [-0.39, 0.29) is 6.42 Å². The van der Waals surface area contributed by atoms with Gasteiger partial charge in [0.05, 0.1) is 0 Å². The van der Waals surface area contributed by atoms with E-state index in [1.165, 1.54) is 38.5 Å². The number of aromatic nitrogens is 1. The lowest BCUT2D eigenvalue weighted by atomic mass is 10.1. The van der Waals surface area contributed by atoms with Gasteiger partial charge in [0.25, 0.3) is 0 Å². The summed E-state index contributed by atoms with van der Waals surface area (Å²) >= 11 is 0. The predicted octanol–water partition coefficient (Wildman–Crippen LogP) is 5.05. The zero-order valence-corrected chi connectivity index (χ0v) is 16.5. The van der Waals surface area contributed by atoms with Crippen LogP contribution in [0.4, 0.5) is 0 Å². The van der Waals surface area contributed by atoms with Gasteiger partial charge in [-0.15, -0.1) is 0 Å². The molecule has 0 saturated carbocycles. The van der Waals surface area contributed by atoms with E-state index in [1.54, 1.807) is 0 Å². The van der Waals surface area contributed by atoms with Gasteiger partial charge in [0, 0.05) is 18.1 Å². The summed E-state index contributed by atoms with van der Waals surface area (Å²) < 4.78 is 0. The van der Waals surface area contributed by atoms with Crippen LogP contribution in [0, 0.1) is 0 Å². The van der Waals surface area contributed by atoms with Gasteiger partial charge in [-0.1, -0.05) is 69.4 Å². The van der Waals surface area contributed by atoms with Gasteiger partial charge in [0.2, 0.25) is 0 Å². The topological polar surface area (TPSA) is 54.3 Å². The third-order valence-corrected chi connectivity index (χ3v) is 3.94. The number of carboxylic acid groups (broad SMARTS) is 1. The van der Waals surface area contributed by atoms with Crippen molar-refractivity contribution in [2.24, 2.45) is 0 Å². The number of carboxylic acids is 1. The van der Waals surface area contributed by atoms with Crippen LogP contribution in [0.2, 0.25) is 0 Å². The Morgan fingerprint density at radius 1 is 0.808 bits per heavy atom. The fourth-order valence-corrected chi connectivity index (χ4v) is 2.42. The Morgan fingerprint density at radius 3 is 1.88 bits per heavy atom. The van der Waals surface area contributed by atoms with Crippen molar-refractivity contribution in [1.82, 2.24) is 0 Å². The summed E-state index contributed by atoms with van der Waals surface area (Å²) in [6.45, 7) is 2.23. The molecule has 3 heteroatoms. The van der Waals surface area contributed by atoms with Crippen LogP contribution in [0.15, 0.2) is 54.9 Å². The van der Waals surface area contributed by atoms with E-state index >= 15 is 0 Å². The molecule has 0 aliphatic carbocycles. The summed E-state index contributed by atoms with van der Waals surface area (Å²) in [6.07, 6.45) is 25.7. The number of unbranched alkanes of at least 4 members (excludes halogenated alkanes) is 8. The lowest BCUT2D eigenvalue weighted by molar-refractivity contribution is -0.378. The van der Waals surface area contributed by atoms with E-state index in [1.807, 2.05) is 30.6 Å². The zero-order valence-electron chi connectivity index (χ0n) is 16.5. The standard InChI is InChI=1S/C18H32O2.C5H5N/c1-2-3-4-5-6-7-8-9-10-11-12-13-14-15-16-17-18(19)20;1-2-4-6-5-3-1/h6-7,9-10H,2-5,8,11-17H2,1H3,(H,19,20);1-5H/b7-6-,10-9-;. The highest BCUT2D eigenvalue weighted by Gasteiger charge is 1.90. The summed E-state index contributed by atoms with van der Waals surface area (Å²) in [6, 6.07) is 5.86. The van der Waals surface area contributed by atoms with Gasteiger partial charge in [0.15, 0.2) is 12.4 Å². The Bertz CT molecular complexity index is 428. The fraction of sp³-hybridized carbons (Fsp3) is 0.565. The second-order valence-electron chi connectivity index (χ2n) is 6.43. The highest BCUT2D eigenvalue weighted by Crippen LogP contribution is 2.07. The maximum absolute atomic E-state index is 10.2. The van der Waals surface area contributed by atoms with Crippen molar-refractivity contribution in [3.8, 4) is 0 Å². The van der Waals surface area contributed by atoms with Crippen LogP contribution < -0.4 is 10.1 Å². The van der Waals surface area contributed by atoms with Crippen molar-refractivity contribution in [2.75, 3.05) is 0 Å². The molecule has 0 atom stereocenters. The van der Waals surface area contributed by atoms with Crippen LogP contribution in [0.5, 0.6) is 0 Å². The molecule has 0 aromatic carbocycles. The minimum absolute atomic E-state index is 0.213. The zero-order chi connectivity index (χ0) is 19.1. The molecular formula is C23H37NO2. The molecule has 1 heterocycles. The number of hydrogen-bond donors (Lipinski definition) is 0. The molecule has 1 aromatic rings. The number of aromatic amines is 1. The van der Waals surface area contributed by atoms with Crippen molar-refractivity contribution in [3.63, 3.8) is 0 Å². The average Bonchev–Trinajstić information content (AvgIpc) is 2.66. The van der Waals surface area contributed by atoms with Crippen LogP contribution >= 0.6 is 0 Å². The number of hydrogen-bond acceptors (Lipinski definition) is 2. The van der Waals surface area contributed by atoms with Gasteiger partial charge in [-0.3, -0.25) is 0 Å². The van der Waals surface area contributed by atoms with Gasteiger partial charge < -0.3 is 9.90 Å². The van der Waals surface area contributed by atoms with Crippen LogP contribution in [0.25, 0.3) is 0 Å². The highest BCUT2D eigenvalue weighted by molar-refractivity contribution is 5.63. The first-order valence-corrected chi connectivity index (χ1v) is 10.2. The second-order valence-corrected chi connectivity index (χ2v) is 6.43. The molecule has 3 nitrogen and oxygen atoms in total. The maximum Gasteiger partial charge on any atom is 0.166 e. The maximum atomic E-state index is 10.2. The summed E-state index contributed by atoms with van der Waals surface area (Å²) in [5.41, 5.74) is 0. The molecule has 146 valence electrons. The Labute approximate surface area is 160 Å². The van der Waals surface area contributed by atoms with Crippen LogP contribution in [-0.4, -0.2) is 5.97 Å². The lowest BCUT2D eigenvalue weighted by Crippen LogP contribution is -2.21. The number of pyridine rings is 1. The van der Waals surface area contributed by atoms with E-state index in [9.17, 15) is 9.90 Å². The van der Waals surface area contributed by atoms with Crippen LogP contribution in [-0.2, 0) is 4.79 Å². The molecule has 26 heavy (non-hydrogen) atoms. The molecule has 0 saturated heterocycles. The average molecular weight is 360 g/mol. The molecule has 0 unspecified atom stereocenters. The Kier molecular flexibility index (Phi) is 19.6. The summed E-state index contributed by atoms with van der Waals surface area (Å²) in [7, 11) is 0. The van der Waals surface area contributed by atoms with E-state index in [0.717, 1.165) is 32.1 Å². The minimum atomic E-state index is -0.921. The second kappa shape index (κ2) is 21.1. The first kappa shape index (κ1) is 24.1. The van der Waals surface area contributed by atoms with E-state index in [0.29, 0.717) is 0 Å². The Morgan fingerprint density at radius 2 is 1.38 bits per heavy atom. The molecule has 0 aliphatic heterocycles. The molecule has 0 radical (unpaired) electrons. The monoisotopic (exact) mass is 359 g/mol. The summed E-state index contributed by atoms with van der Waals surface area (Å²) in [5.74, 6) is -0.921. The van der Waals surface area contributed by atoms with Gasteiger partial charge in [0.1, 0.15) is 0 Å². The SMILES string of the molecule is CCCCC/C=C\C/C=C\CCCCCCCC(=O)[O-].c1cc[nH+]cc1. The largest absolute Gasteiger partial charge is 0.550 e. The number of carbonyl (C=O) groups is 1. The molecule has 1 N–H and O–H groups in total. The van der Waals surface area contributed by atoms with E-state index in [2.05, 4.69) is 36.2 Å². The molecule has 0 bridgehead atoms. The predicted molar refractivity (Wildman–Crippen MR) is 107 cm³/mol. The first-order valence-electron chi connectivity index (χ1n) is 10.2. The molecular weight excluding hydrogens is 322 g/mol. The lowest BCUT2D eigenvalue weighted by Gasteiger charge is -2.01. The normalized spacial score (nSPS) is 10.8. The molecule has 0 spiro atoms. The smallest absolute Gasteiger partial charge is 0.166 e. The van der Waals surface area contributed by atoms with Crippen molar-refractivity contribution >= 4 is 5.97 Å². The highest BCUT2D eigenvalue weighted by atomic mass is 16.4. The number of nitrogens with one attached hydrogen (secondary N) is 1. The quantitative estimate of drug-likeness (QED) is 0.345. The van der Waals surface area contributed by atoms with Gasteiger partial charge in [-0.2, -0.15) is 0 Å². The van der Waals surface area contributed by atoms with Crippen LogP contribution in [0.1, 0.15) is 84.0 Å². The Hall–Kier alpha value is -1.90. The third-order valence-electron chi connectivity index (χ3n) is 3.94. The molecule has 0 aliphatic rings. The van der Waals surface area contributed by atoms with Crippen molar-refractivity contribution < 1.29 is 14.9 Å². The third kappa shape index (κ3) is 22.1. The van der Waals surface area contributed by atoms with Crippen molar-refractivity contribution in [3.05, 3.63) is 54.9 Å². The summed E-state index contributed by atoms with van der Waals surface area (Å²) in [4.78, 5) is 13.1. The van der Waals surface area contributed by atoms with Gasteiger partial charge in [-0.05, 0) is 44.9 Å². The first-order chi connectivity index (χ1) is 12.8. The minimum Gasteiger partial charge on any atom is -0.550 e. The van der Waals surface area contributed by atoms with Crippen molar-refractivity contribution in [2.45, 2.75) is 84.0 Å². The molecule has 0 fully saturated rings. The molecule has 1 rings (SSSR count).